The molecule has 1 aromatic carbocycles. The summed E-state index contributed by atoms with van der Waals surface area (Å²) in [6.07, 6.45) is 3.19. The van der Waals surface area contributed by atoms with Gasteiger partial charge in [-0.3, -0.25) is 10.1 Å². The van der Waals surface area contributed by atoms with E-state index in [4.69, 9.17) is 4.74 Å². The van der Waals surface area contributed by atoms with Crippen molar-refractivity contribution in [3.05, 3.63) is 57.4 Å². The van der Waals surface area contributed by atoms with Gasteiger partial charge in [0.2, 0.25) is 0 Å². The van der Waals surface area contributed by atoms with Crippen molar-refractivity contribution in [3.63, 3.8) is 0 Å². The number of carbonyl (C=O) groups is 1. The highest BCUT2D eigenvalue weighted by Crippen LogP contribution is 2.30. The average Bonchev–Trinajstić information content (AvgIpc) is 2.75. The third-order valence-electron chi connectivity index (χ3n) is 3.08. The number of nitrogens with zero attached hydrogens (tertiary/aromatic N) is 3. The van der Waals surface area contributed by atoms with Gasteiger partial charge in [0.05, 0.1) is 10.5 Å². The molecule has 0 bridgehead atoms. The molecule has 0 radical (unpaired) electrons. The summed E-state index contributed by atoms with van der Waals surface area (Å²) in [5.41, 5.74) is 1.79. The zero-order valence-corrected chi connectivity index (χ0v) is 13.4. The number of nitro groups is 1. The number of nitro benzene ring substituents is 1. The molecule has 1 heterocycles. The standard InChI is InChI=1S/C16H17N3O4/c1-10-5-6-13(15(7-10)19(21)22)12(9-18(3)4)8-14-16(20)23-11(2)17-14/h5-9H,1-4H3. The fourth-order valence-electron chi connectivity index (χ4n) is 2.16. The van der Waals surface area contributed by atoms with E-state index < -0.39 is 10.9 Å². The van der Waals surface area contributed by atoms with Gasteiger partial charge in [-0.2, -0.15) is 0 Å². The van der Waals surface area contributed by atoms with Crippen molar-refractivity contribution in [1.29, 1.82) is 0 Å². The molecular formula is C16H17N3O4. The number of benzene rings is 1. The van der Waals surface area contributed by atoms with Crippen LogP contribution < -0.4 is 0 Å². The van der Waals surface area contributed by atoms with Gasteiger partial charge >= 0.3 is 5.97 Å². The normalized spacial score (nSPS) is 16.3. The van der Waals surface area contributed by atoms with Crippen molar-refractivity contribution >= 4 is 23.1 Å². The van der Waals surface area contributed by atoms with Crippen molar-refractivity contribution in [2.45, 2.75) is 13.8 Å². The van der Waals surface area contributed by atoms with Gasteiger partial charge in [-0.25, -0.2) is 9.79 Å². The maximum Gasteiger partial charge on any atom is 0.363 e. The van der Waals surface area contributed by atoms with E-state index in [1.54, 1.807) is 51.2 Å². The van der Waals surface area contributed by atoms with Crippen LogP contribution >= 0.6 is 0 Å². The second-order valence-corrected chi connectivity index (χ2v) is 5.38. The Morgan fingerprint density at radius 1 is 1.35 bits per heavy atom. The van der Waals surface area contributed by atoms with Crippen molar-refractivity contribution < 1.29 is 14.5 Å². The highest BCUT2D eigenvalue weighted by Gasteiger charge is 2.23. The topological polar surface area (TPSA) is 85.0 Å². The lowest BCUT2D eigenvalue weighted by Gasteiger charge is -2.10. The summed E-state index contributed by atoms with van der Waals surface area (Å²) < 4.78 is 4.88. The Balaban J connectivity index is 2.60. The molecule has 7 nitrogen and oxygen atoms in total. The Labute approximate surface area is 133 Å². The average molecular weight is 315 g/mol. The van der Waals surface area contributed by atoms with Crippen LogP contribution in [0.15, 0.2) is 41.2 Å². The lowest BCUT2D eigenvalue weighted by molar-refractivity contribution is -0.385. The largest absolute Gasteiger partial charge is 0.407 e. The molecule has 120 valence electrons. The number of hydrogen-bond acceptors (Lipinski definition) is 6. The number of ether oxygens (including phenoxy) is 1. The first-order valence-corrected chi connectivity index (χ1v) is 6.91. The fourth-order valence-corrected chi connectivity index (χ4v) is 2.16. The molecule has 0 saturated carbocycles. The summed E-state index contributed by atoms with van der Waals surface area (Å²) in [6, 6.07) is 4.95. The van der Waals surface area contributed by atoms with Crippen LogP contribution in [0, 0.1) is 17.0 Å². The number of aliphatic imine (C=N–C) groups is 1. The molecule has 0 saturated heterocycles. The summed E-state index contributed by atoms with van der Waals surface area (Å²) in [7, 11) is 3.58. The smallest absolute Gasteiger partial charge is 0.363 e. The van der Waals surface area contributed by atoms with Gasteiger partial charge in [-0.1, -0.05) is 6.07 Å². The molecule has 0 amide bonds. The molecule has 0 spiro atoms. The molecule has 2 rings (SSSR count). The summed E-state index contributed by atoms with van der Waals surface area (Å²) in [6.45, 7) is 3.36. The zero-order chi connectivity index (χ0) is 17.1. The second kappa shape index (κ2) is 6.43. The zero-order valence-electron chi connectivity index (χ0n) is 13.4. The Morgan fingerprint density at radius 2 is 2.04 bits per heavy atom. The predicted octanol–water partition coefficient (Wildman–Crippen LogP) is 2.66. The quantitative estimate of drug-likeness (QED) is 0.369. The molecule has 1 aliphatic rings. The third kappa shape index (κ3) is 3.82. The maximum atomic E-state index is 11.7. The van der Waals surface area contributed by atoms with Gasteiger partial charge in [0, 0.05) is 38.9 Å². The first-order valence-electron chi connectivity index (χ1n) is 6.91. The van der Waals surface area contributed by atoms with E-state index in [9.17, 15) is 14.9 Å². The monoisotopic (exact) mass is 315 g/mol. The van der Waals surface area contributed by atoms with Crippen LogP contribution in [0.1, 0.15) is 18.1 Å². The first kappa shape index (κ1) is 16.4. The van der Waals surface area contributed by atoms with Crippen LogP contribution in [-0.4, -0.2) is 35.8 Å². The van der Waals surface area contributed by atoms with E-state index in [1.807, 2.05) is 0 Å². The molecule has 1 aliphatic heterocycles. The molecule has 0 atom stereocenters. The highest BCUT2D eigenvalue weighted by atomic mass is 16.6. The number of cyclic esters (lactones) is 1. The molecular weight excluding hydrogens is 298 g/mol. The van der Waals surface area contributed by atoms with Gasteiger partial charge in [0.15, 0.2) is 11.6 Å². The van der Waals surface area contributed by atoms with E-state index in [2.05, 4.69) is 4.99 Å². The Hall–Kier alpha value is -2.96. The molecule has 0 aromatic heterocycles. The van der Waals surface area contributed by atoms with Crippen LogP contribution in [0.5, 0.6) is 0 Å². The minimum atomic E-state index is -0.568. The van der Waals surface area contributed by atoms with Gasteiger partial charge in [0.25, 0.3) is 5.69 Å². The minimum absolute atomic E-state index is 0.0259. The van der Waals surface area contributed by atoms with Crippen LogP contribution in [0.2, 0.25) is 0 Å². The Kier molecular flexibility index (Phi) is 4.59. The third-order valence-corrected chi connectivity index (χ3v) is 3.08. The summed E-state index contributed by atoms with van der Waals surface area (Å²) in [5.74, 6) is -0.314. The minimum Gasteiger partial charge on any atom is -0.407 e. The van der Waals surface area contributed by atoms with E-state index in [0.717, 1.165) is 5.56 Å². The fraction of sp³-hybridized carbons (Fsp3) is 0.250. The van der Waals surface area contributed by atoms with E-state index in [1.165, 1.54) is 12.1 Å². The number of esters is 1. The molecule has 0 N–H and O–H groups in total. The SMILES string of the molecule is CC1=NC(=CC(=CN(C)C)c2ccc(C)cc2[N+](=O)[O-])C(=O)O1. The van der Waals surface area contributed by atoms with Crippen LogP contribution in [-0.2, 0) is 9.53 Å². The molecule has 23 heavy (non-hydrogen) atoms. The van der Waals surface area contributed by atoms with E-state index in [0.29, 0.717) is 11.1 Å². The van der Waals surface area contributed by atoms with Crippen LogP contribution in [0.25, 0.3) is 5.57 Å². The molecule has 1 aromatic rings. The Bertz CT molecular complexity index is 761. The number of aryl methyl sites for hydroxylation is 1. The predicted molar refractivity (Wildman–Crippen MR) is 86.8 cm³/mol. The van der Waals surface area contributed by atoms with Gasteiger partial charge in [-0.15, -0.1) is 0 Å². The molecule has 7 heteroatoms. The van der Waals surface area contributed by atoms with Crippen molar-refractivity contribution in [2.75, 3.05) is 14.1 Å². The summed E-state index contributed by atoms with van der Waals surface area (Å²) in [4.78, 5) is 28.4. The van der Waals surface area contributed by atoms with Crippen molar-refractivity contribution in [2.24, 2.45) is 4.99 Å². The number of rotatable bonds is 4. The lowest BCUT2D eigenvalue weighted by atomic mass is 10.0. The van der Waals surface area contributed by atoms with Crippen molar-refractivity contribution in [1.82, 2.24) is 4.90 Å². The van der Waals surface area contributed by atoms with Gasteiger partial charge < -0.3 is 9.64 Å². The molecule has 0 aliphatic carbocycles. The maximum absolute atomic E-state index is 11.7. The van der Waals surface area contributed by atoms with E-state index >= 15 is 0 Å². The van der Waals surface area contributed by atoms with Crippen molar-refractivity contribution in [3.8, 4) is 0 Å². The van der Waals surface area contributed by atoms with Crippen LogP contribution in [0.4, 0.5) is 5.69 Å². The summed E-state index contributed by atoms with van der Waals surface area (Å²) in [5, 5.41) is 11.3. The van der Waals surface area contributed by atoms with Crippen LogP contribution in [0.3, 0.4) is 0 Å². The number of allylic oxidation sites excluding steroid dienone is 2. The van der Waals surface area contributed by atoms with Gasteiger partial charge in [0.1, 0.15) is 0 Å². The molecule has 0 fully saturated rings. The lowest BCUT2D eigenvalue weighted by Crippen LogP contribution is -2.05. The second-order valence-electron chi connectivity index (χ2n) is 5.38. The molecule has 0 unspecified atom stereocenters. The Morgan fingerprint density at radius 3 is 2.57 bits per heavy atom. The number of carbonyl (C=O) groups excluding carboxylic acids is 1. The first-order chi connectivity index (χ1) is 10.8. The number of hydrogen-bond donors (Lipinski definition) is 0. The highest BCUT2D eigenvalue weighted by molar-refractivity contribution is 6.05. The van der Waals surface area contributed by atoms with Gasteiger partial charge in [-0.05, 0) is 24.6 Å². The summed E-state index contributed by atoms with van der Waals surface area (Å²) >= 11 is 0. The van der Waals surface area contributed by atoms with E-state index in [-0.39, 0.29) is 17.3 Å².